The number of aryl methyl sites for hydroxylation is 2. The largest absolute Gasteiger partial charge is 0.289 e. The van der Waals surface area contributed by atoms with Crippen LogP contribution in [0.4, 0.5) is 0 Å². The molecule has 0 radical (unpaired) electrons. The number of nitrogens with zero attached hydrogens (tertiary/aromatic N) is 3. The second-order valence-electron chi connectivity index (χ2n) is 5.67. The molecule has 1 aliphatic rings. The van der Waals surface area contributed by atoms with Gasteiger partial charge in [0, 0.05) is 23.2 Å². The Morgan fingerprint density at radius 2 is 2.11 bits per heavy atom. The highest BCUT2D eigenvalue weighted by Crippen LogP contribution is 2.35. The van der Waals surface area contributed by atoms with Gasteiger partial charge in [0.25, 0.3) is 5.56 Å². The van der Waals surface area contributed by atoms with Crippen molar-refractivity contribution in [1.82, 2.24) is 14.5 Å². The first-order valence-electron chi connectivity index (χ1n) is 6.93. The molecule has 0 unspecified atom stereocenters. The van der Waals surface area contributed by atoms with Crippen LogP contribution in [-0.2, 0) is 0 Å². The molecule has 2 heterocycles. The summed E-state index contributed by atoms with van der Waals surface area (Å²) in [6, 6.07) is 2.18. The molecular weight excluding hydrogens is 238 g/mol. The second-order valence-corrected chi connectivity index (χ2v) is 5.67. The number of pyridine rings is 1. The van der Waals surface area contributed by atoms with Crippen LogP contribution in [0, 0.1) is 19.8 Å². The van der Waals surface area contributed by atoms with Crippen molar-refractivity contribution < 1.29 is 0 Å². The number of aromatic nitrogens is 3. The zero-order valence-corrected chi connectivity index (χ0v) is 11.7. The monoisotopic (exact) mass is 257 g/mol. The van der Waals surface area contributed by atoms with Crippen LogP contribution in [0.5, 0.6) is 0 Å². The third-order valence-corrected chi connectivity index (χ3v) is 4.22. The summed E-state index contributed by atoms with van der Waals surface area (Å²) in [6.45, 7) is 5.97. The topological polar surface area (TPSA) is 47.8 Å². The van der Waals surface area contributed by atoms with Gasteiger partial charge >= 0.3 is 0 Å². The lowest BCUT2D eigenvalue weighted by Gasteiger charge is -2.21. The summed E-state index contributed by atoms with van der Waals surface area (Å²) >= 11 is 0. The molecule has 0 aliphatic heterocycles. The molecule has 0 spiro atoms. The van der Waals surface area contributed by atoms with Gasteiger partial charge in [-0.05, 0) is 38.7 Å². The summed E-state index contributed by atoms with van der Waals surface area (Å²) in [5.41, 5.74) is 1.67. The van der Waals surface area contributed by atoms with E-state index in [1.165, 1.54) is 12.8 Å². The third kappa shape index (κ3) is 1.95. The standard InChI is InChI=1S/C15H19N3O/c1-9-5-4-6-13(9)18-14-12(7-10(2)15(18)19)8-16-11(3)17-14/h7-9,13H,4-6H2,1-3H3/t9-,13+/m1/s1. The van der Waals surface area contributed by atoms with Gasteiger partial charge in [0.05, 0.1) is 0 Å². The van der Waals surface area contributed by atoms with Crippen LogP contribution in [0.2, 0.25) is 0 Å². The van der Waals surface area contributed by atoms with Crippen LogP contribution in [0.15, 0.2) is 17.1 Å². The molecule has 2 aromatic heterocycles. The van der Waals surface area contributed by atoms with Crippen LogP contribution >= 0.6 is 0 Å². The van der Waals surface area contributed by atoms with Crippen molar-refractivity contribution in [1.29, 1.82) is 0 Å². The molecule has 1 saturated carbocycles. The molecule has 19 heavy (non-hydrogen) atoms. The zero-order chi connectivity index (χ0) is 13.6. The Hall–Kier alpha value is -1.71. The minimum atomic E-state index is 0.101. The average molecular weight is 257 g/mol. The van der Waals surface area contributed by atoms with Crippen molar-refractivity contribution >= 4 is 11.0 Å². The fraction of sp³-hybridized carbons (Fsp3) is 0.533. The molecule has 2 atom stereocenters. The molecule has 1 fully saturated rings. The lowest BCUT2D eigenvalue weighted by atomic mass is 10.1. The minimum absolute atomic E-state index is 0.101. The Kier molecular flexibility index (Phi) is 2.88. The van der Waals surface area contributed by atoms with E-state index in [2.05, 4.69) is 16.9 Å². The fourth-order valence-electron chi connectivity index (χ4n) is 3.16. The van der Waals surface area contributed by atoms with Crippen molar-refractivity contribution in [3.63, 3.8) is 0 Å². The Morgan fingerprint density at radius 1 is 1.32 bits per heavy atom. The first kappa shape index (κ1) is 12.3. The lowest BCUT2D eigenvalue weighted by molar-refractivity contribution is 0.405. The Balaban J connectivity index is 2.34. The molecule has 0 amide bonds. The summed E-state index contributed by atoms with van der Waals surface area (Å²) in [5, 5.41) is 0.960. The van der Waals surface area contributed by atoms with Crippen LogP contribution in [0.1, 0.15) is 43.6 Å². The molecule has 1 aliphatic carbocycles. The molecule has 100 valence electrons. The van der Waals surface area contributed by atoms with E-state index >= 15 is 0 Å². The average Bonchev–Trinajstić information content (AvgIpc) is 2.78. The highest BCUT2D eigenvalue weighted by Gasteiger charge is 2.27. The van der Waals surface area contributed by atoms with Gasteiger partial charge in [-0.1, -0.05) is 13.3 Å². The zero-order valence-electron chi connectivity index (χ0n) is 11.7. The van der Waals surface area contributed by atoms with Gasteiger partial charge in [-0.2, -0.15) is 0 Å². The van der Waals surface area contributed by atoms with Crippen LogP contribution in [0.25, 0.3) is 11.0 Å². The Morgan fingerprint density at radius 3 is 2.79 bits per heavy atom. The Labute approximate surface area is 112 Å². The van der Waals surface area contributed by atoms with Crippen LogP contribution in [0.3, 0.4) is 0 Å². The van der Waals surface area contributed by atoms with Crippen LogP contribution in [-0.4, -0.2) is 14.5 Å². The number of fused-ring (bicyclic) bond motifs is 1. The molecule has 4 nitrogen and oxygen atoms in total. The normalized spacial score (nSPS) is 23.1. The van der Waals surface area contributed by atoms with Gasteiger partial charge in [0.15, 0.2) is 0 Å². The lowest BCUT2D eigenvalue weighted by Crippen LogP contribution is -2.28. The summed E-state index contributed by atoms with van der Waals surface area (Å²) in [7, 11) is 0. The van der Waals surface area contributed by atoms with E-state index in [0.717, 1.165) is 28.8 Å². The second kappa shape index (κ2) is 4.44. The smallest absolute Gasteiger partial charge is 0.255 e. The summed E-state index contributed by atoms with van der Waals surface area (Å²) in [4.78, 5) is 21.3. The SMILES string of the molecule is Cc1ncc2cc(C)c(=O)n([C@H]3CCC[C@H]3C)c2n1. The van der Waals surface area contributed by atoms with Crippen molar-refractivity contribution in [2.24, 2.45) is 5.92 Å². The maximum Gasteiger partial charge on any atom is 0.255 e. The maximum atomic E-state index is 12.5. The predicted octanol–water partition coefficient (Wildman–Crippen LogP) is 2.77. The molecular formula is C15H19N3O. The number of hydrogen-bond donors (Lipinski definition) is 0. The molecule has 0 N–H and O–H groups in total. The summed E-state index contributed by atoms with van der Waals surface area (Å²) in [5.74, 6) is 1.26. The quantitative estimate of drug-likeness (QED) is 0.789. The van der Waals surface area contributed by atoms with Crippen molar-refractivity contribution in [3.8, 4) is 0 Å². The van der Waals surface area contributed by atoms with Crippen molar-refractivity contribution in [2.45, 2.75) is 46.1 Å². The van der Waals surface area contributed by atoms with Gasteiger partial charge in [-0.3, -0.25) is 9.36 Å². The molecule has 2 aromatic rings. The minimum Gasteiger partial charge on any atom is -0.289 e. The van der Waals surface area contributed by atoms with Gasteiger partial charge in [0.1, 0.15) is 11.5 Å². The summed E-state index contributed by atoms with van der Waals surface area (Å²) in [6.07, 6.45) is 5.28. The van der Waals surface area contributed by atoms with Crippen molar-refractivity contribution in [3.05, 3.63) is 34.0 Å². The van der Waals surface area contributed by atoms with Gasteiger partial charge < -0.3 is 0 Å². The molecule has 3 rings (SSSR count). The van der Waals surface area contributed by atoms with E-state index in [1.807, 2.05) is 30.7 Å². The first-order valence-corrected chi connectivity index (χ1v) is 6.93. The van der Waals surface area contributed by atoms with E-state index in [0.29, 0.717) is 5.92 Å². The van der Waals surface area contributed by atoms with E-state index in [4.69, 9.17) is 0 Å². The van der Waals surface area contributed by atoms with E-state index in [9.17, 15) is 4.79 Å². The molecule has 0 saturated heterocycles. The summed E-state index contributed by atoms with van der Waals surface area (Å²) < 4.78 is 1.91. The van der Waals surface area contributed by atoms with E-state index in [-0.39, 0.29) is 11.6 Å². The maximum absolute atomic E-state index is 12.5. The van der Waals surface area contributed by atoms with Gasteiger partial charge in [0.2, 0.25) is 0 Å². The van der Waals surface area contributed by atoms with E-state index < -0.39 is 0 Å². The molecule has 0 bridgehead atoms. The first-order chi connectivity index (χ1) is 9.08. The number of rotatable bonds is 1. The highest BCUT2D eigenvalue weighted by atomic mass is 16.1. The van der Waals surface area contributed by atoms with E-state index in [1.54, 1.807) is 0 Å². The molecule has 4 heteroatoms. The van der Waals surface area contributed by atoms with Crippen molar-refractivity contribution in [2.75, 3.05) is 0 Å². The van der Waals surface area contributed by atoms with Gasteiger partial charge in [-0.25, -0.2) is 9.97 Å². The van der Waals surface area contributed by atoms with Crippen LogP contribution < -0.4 is 5.56 Å². The number of hydrogen-bond acceptors (Lipinski definition) is 3. The predicted molar refractivity (Wildman–Crippen MR) is 75.3 cm³/mol. The third-order valence-electron chi connectivity index (χ3n) is 4.22. The molecule has 0 aromatic carbocycles. The fourth-order valence-corrected chi connectivity index (χ4v) is 3.16. The van der Waals surface area contributed by atoms with Gasteiger partial charge in [-0.15, -0.1) is 0 Å². The Bertz CT molecular complexity index is 690. The highest BCUT2D eigenvalue weighted by molar-refractivity contribution is 5.74.